The normalized spacial score (nSPS) is 12.4. The monoisotopic (exact) mass is 275 g/mol. The first-order chi connectivity index (χ1) is 9.15. The van der Waals surface area contributed by atoms with Crippen LogP contribution < -0.4 is 10.1 Å². The highest BCUT2D eigenvalue weighted by Crippen LogP contribution is 2.31. The summed E-state index contributed by atoms with van der Waals surface area (Å²) in [4.78, 5) is 2.75. The van der Waals surface area contributed by atoms with Gasteiger partial charge in [0.25, 0.3) is 0 Å². The fourth-order valence-corrected chi connectivity index (χ4v) is 3.31. The Labute approximate surface area is 119 Å². The van der Waals surface area contributed by atoms with Crippen LogP contribution in [0.25, 0.3) is 0 Å². The standard InChI is InChI=1S/C16H21NOS/c1-5-17-16(15-10-11(2)19-12(15)3)13-6-8-14(18-4)9-7-13/h6-10,16-17H,5H2,1-4H3. The van der Waals surface area contributed by atoms with Crippen LogP contribution in [0, 0.1) is 13.8 Å². The first kappa shape index (κ1) is 14.1. The Bertz CT molecular complexity index is 530. The number of hydrogen-bond donors (Lipinski definition) is 1. The SMILES string of the molecule is CCNC(c1ccc(OC)cc1)c1cc(C)sc1C. The Morgan fingerprint density at radius 1 is 1.21 bits per heavy atom. The summed E-state index contributed by atoms with van der Waals surface area (Å²) in [6.45, 7) is 7.45. The van der Waals surface area contributed by atoms with Crippen LogP contribution in [0.2, 0.25) is 0 Å². The number of ether oxygens (including phenoxy) is 1. The molecular weight excluding hydrogens is 254 g/mol. The van der Waals surface area contributed by atoms with Gasteiger partial charge in [0, 0.05) is 9.75 Å². The highest BCUT2D eigenvalue weighted by atomic mass is 32.1. The van der Waals surface area contributed by atoms with Gasteiger partial charge in [0.05, 0.1) is 13.2 Å². The van der Waals surface area contributed by atoms with Crippen LogP contribution in [0.4, 0.5) is 0 Å². The lowest BCUT2D eigenvalue weighted by Gasteiger charge is -2.19. The van der Waals surface area contributed by atoms with Crippen molar-refractivity contribution in [3.63, 3.8) is 0 Å². The number of benzene rings is 1. The van der Waals surface area contributed by atoms with Crippen LogP contribution in [0.1, 0.15) is 33.8 Å². The average Bonchev–Trinajstić information content (AvgIpc) is 2.75. The molecule has 0 bridgehead atoms. The number of aryl methyl sites for hydroxylation is 2. The van der Waals surface area contributed by atoms with Crippen LogP contribution in [0.15, 0.2) is 30.3 Å². The van der Waals surface area contributed by atoms with Crippen LogP contribution in [0.5, 0.6) is 5.75 Å². The fourth-order valence-electron chi connectivity index (χ4n) is 2.34. The molecule has 0 amide bonds. The second-order valence-corrected chi connectivity index (χ2v) is 6.09. The van der Waals surface area contributed by atoms with Crippen LogP contribution in [-0.2, 0) is 0 Å². The van der Waals surface area contributed by atoms with E-state index in [4.69, 9.17) is 4.74 Å². The molecule has 1 atom stereocenters. The Balaban J connectivity index is 2.36. The predicted molar refractivity (Wildman–Crippen MR) is 82.3 cm³/mol. The minimum absolute atomic E-state index is 0.265. The number of rotatable bonds is 5. The van der Waals surface area contributed by atoms with Crippen LogP contribution in [0.3, 0.4) is 0 Å². The summed E-state index contributed by atoms with van der Waals surface area (Å²) in [6, 6.07) is 10.9. The third-order valence-corrected chi connectivity index (χ3v) is 4.23. The van der Waals surface area contributed by atoms with E-state index in [1.165, 1.54) is 20.9 Å². The Kier molecular flexibility index (Phi) is 4.61. The maximum atomic E-state index is 5.22. The summed E-state index contributed by atoms with van der Waals surface area (Å²) in [5, 5.41) is 3.57. The first-order valence-electron chi connectivity index (χ1n) is 6.60. The molecule has 2 aromatic rings. The zero-order valence-electron chi connectivity index (χ0n) is 12.0. The van der Waals surface area contributed by atoms with Gasteiger partial charge in [0.15, 0.2) is 0 Å². The van der Waals surface area contributed by atoms with Gasteiger partial charge in [0.2, 0.25) is 0 Å². The van der Waals surface area contributed by atoms with E-state index >= 15 is 0 Å². The van der Waals surface area contributed by atoms with Crippen molar-refractivity contribution in [2.75, 3.05) is 13.7 Å². The molecule has 1 N–H and O–H groups in total. The van der Waals surface area contributed by atoms with Gasteiger partial charge in [-0.3, -0.25) is 0 Å². The predicted octanol–water partition coefficient (Wildman–Crippen LogP) is 4.07. The maximum Gasteiger partial charge on any atom is 0.118 e. The smallest absolute Gasteiger partial charge is 0.118 e. The summed E-state index contributed by atoms with van der Waals surface area (Å²) >= 11 is 1.86. The average molecular weight is 275 g/mol. The van der Waals surface area contributed by atoms with Crippen molar-refractivity contribution >= 4 is 11.3 Å². The second kappa shape index (κ2) is 6.22. The van der Waals surface area contributed by atoms with E-state index in [1.54, 1.807) is 7.11 Å². The summed E-state index contributed by atoms with van der Waals surface area (Å²) in [6.07, 6.45) is 0. The highest BCUT2D eigenvalue weighted by molar-refractivity contribution is 7.12. The minimum atomic E-state index is 0.265. The summed E-state index contributed by atoms with van der Waals surface area (Å²) < 4.78 is 5.22. The van der Waals surface area contributed by atoms with Gasteiger partial charge in [-0.25, -0.2) is 0 Å². The molecule has 0 spiro atoms. The lowest BCUT2D eigenvalue weighted by atomic mass is 9.99. The van der Waals surface area contributed by atoms with E-state index in [2.05, 4.69) is 44.3 Å². The lowest BCUT2D eigenvalue weighted by Crippen LogP contribution is -2.22. The molecule has 1 unspecified atom stereocenters. The van der Waals surface area contributed by atoms with Gasteiger partial charge in [-0.2, -0.15) is 0 Å². The summed E-state index contributed by atoms with van der Waals surface area (Å²) in [5.74, 6) is 0.900. The van der Waals surface area contributed by atoms with Crippen molar-refractivity contribution in [2.45, 2.75) is 26.8 Å². The second-order valence-electron chi connectivity index (χ2n) is 4.63. The van der Waals surface area contributed by atoms with Gasteiger partial charge in [-0.1, -0.05) is 19.1 Å². The summed E-state index contributed by atoms with van der Waals surface area (Å²) in [5.41, 5.74) is 2.66. The lowest BCUT2D eigenvalue weighted by molar-refractivity contribution is 0.414. The zero-order chi connectivity index (χ0) is 13.8. The van der Waals surface area contributed by atoms with Crippen LogP contribution >= 0.6 is 11.3 Å². The van der Waals surface area contributed by atoms with E-state index < -0.39 is 0 Å². The molecule has 0 saturated heterocycles. The zero-order valence-corrected chi connectivity index (χ0v) is 12.8. The molecule has 19 heavy (non-hydrogen) atoms. The van der Waals surface area contributed by atoms with E-state index in [9.17, 15) is 0 Å². The van der Waals surface area contributed by atoms with Gasteiger partial charge in [0.1, 0.15) is 5.75 Å². The molecule has 0 saturated carbocycles. The minimum Gasteiger partial charge on any atom is -0.497 e. The van der Waals surface area contributed by atoms with Crippen molar-refractivity contribution in [1.29, 1.82) is 0 Å². The number of nitrogens with one attached hydrogen (secondary N) is 1. The van der Waals surface area contributed by atoms with Crippen molar-refractivity contribution in [1.82, 2.24) is 5.32 Å². The third kappa shape index (κ3) is 3.17. The Hall–Kier alpha value is -1.32. The van der Waals surface area contributed by atoms with E-state index in [0.717, 1.165) is 12.3 Å². The molecule has 0 radical (unpaired) electrons. The molecule has 1 aromatic carbocycles. The molecule has 1 heterocycles. The molecule has 0 fully saturated rings. The maximum absolute atomic E-state index is 5.22. The van der Waals surface area contributed by atoms with Crippen LogP contribution in [-0.4, -0.2) is 13.7 Å². The van der Waals surface area contributed by atoms with Crippen molar-refractivity contribution in [3.05, 3.63) is 51.2 Å². The molecule has 3 heteroatoms. The van der Waals surface area contributed by atoms with Gasteiger partial charge in [-0.15, -0.1) is 11.3 Å². The molecule has 0 aliphatic heterocycles. The van der Waals surface area contributed by atoms with Crippen molar-refractivity contribution in [3.8, 4) is 5.75 Å². The van der Waals surface area contributed by atoms with E-state index in [0.29, 0.717) is 0 Å². The molecule has 0 aliphatic rings. The van der Waals surface area contributed by atoms with Gasteiger partial charge >= 0.3 is 0 Å². The number of hydrogen-bond acceptors (Lipinski definition) is 3. The Morgan fingerprint density at radius 2 is 1.89 bits per heavy atom. The van der Waals surface area contributed by atoms with Crippen molar-refractivity contribution in [2.24, 2.45) is 0 Å². The quantitative estimate of drug-likeness (QED) is 0.888. The third-order valence-electron chi connectivity index (χ3n) is 3.25. The number of thiophene rings is 1. The van der Waals surface area contributed by atoms with Crippen molar-refractivity contribution < 1.29 is 4.74 Å². The Morgan fingerprint density at radius 3 is 2.37 bits per heavy atom. The van der Waals surface area contributed by atoms with E-state index in [1.807, 2.05) is 23.5 Å². The van der Waals surface area contributed by atoms with E-state index in [-0.39, 0.29) is 6.04 Å². The summed E-state index contributed by atoms with van der Waals surface area (Å²) in [7, 11) is 1.70. The first-order valence-corrected chi connectivity index (χ1v) is 7.41. The largest absolute Gasteiger partial charge is 0.497 e. The number of methoxy groups -OCH3 is 1. The van der Waals surface area contributed by atoms with Gasteiger partial charge < -0.3 is 10.1 Å². The molecular formula is C16H21NOS. The molecule has 1 aromatic heterocycles. The van der Waals surface area contributed by atoms with Gasteiger partial charge in [-0.05, 0) is 49.7 Å². The molecule has 102 valence electrons. The highest BCUT2D eigenvalue weighted by Gasteiger charge is 2.17. The topological polar surface area (TPSA) is 21.3 Å². The molecule has 2 rings (SSSR count). The molecule has 2 nitrogen and oxygen atoms in total. The fraction of sp³-hybridized carbons (Fsp3) is 0.375. The molecule has 0 aliphatic carbocycles.